The van der Waals surface area contributed by atoms with Crippen LogP contribution in [0.4, 0.5) is 0 Å². The molecule has 0 radical (unpaired) electrons. The topological polar surface area (TPSA) is 78.9 Å². The molecule has 24 heavy (non-hydrogen) atoms. The van der Waals surface area contributed by atoms with E-state index in [0.29, 0.717) is 5.16 Å². The van der Waals surface area contributed by atoms with Gasteiger partial charge in [-0.05, 0) is 40.6 Å². The molecule has 0 atom stereocenters. The molecule has 1 heterocycles. The van der Waals surface area contributed by atoms with Gasteiger partial charge in [-0.3, -0.25) is 5.10 Å². The molecule has 0 spiro atoms. The molecule has 2 N–H and O–H groups in total. The second-order valence-electron chi connectivity index (χ2n) is 5.30. The lowest BCUT2D eigenvalue weighted by Gasteiger charge is -2.04. The van der Waals surface area contributed by atoms with Crippen molar-refractivity contribution in [2.75, 3.05) is 0 Å². The summed E-state index contributed by atoms with van der Waals surface area (Å²) in [6.45, 7) is 2.05. The van der Waals surface area contributed by atoms with Crippen LogP contribution < -0.4 is 0 Å². The van der Waals surface area contributed by atoms with Gasteiger partial charge in [-0.25, -0.2) is 9.78 Å². The van der Waals surface area contributed by atoms with Crippen molar-refractivity contribution in [3.8, 4) is 0 Å². The first kappa shape index (κ1) is 16.3. The van der Waals surface area contributed by atoms with Gasteiger partial charge in [0, 0.05) is 6.42 Å². The minimum atomic E-state index is -0.991. The van der Waals surface area contributed by atoms with Crippen LogP contribution in [0.2, 0.25) is 0 Å². The Labute approximate surface area is 143 Å². The van der Waals surface area contributed by atoms with E-state index in [2.05, 4.69) is 22.1 Å². The molecular formula is C18H17N3O2S. The maximum atomic E-state index is 11.6. The number of nitrogens with zero attached hydrogens (tertiary/aromatic N) is 2. The molecule has 0 saturated heterocycles. The Morgan fingerprint density at radius 1 is 1.25 bits per heavy atom. The van der Waals surface area contributed by atoms with Crippen LogP contribution in [0.25, 0.3) is 16.8 Å². The smallest absolute Gasteiger partial charge is 0.342 e. The van der Waals surface area contributed by atoms with Gasteiger partial charge in [0.1, 0.15) is 10.7 Å². The van der Waals surface area contributed by atoms with Crippen LogP contribution in [0.1, 0.15) is 24.7 Å². The number of rotatable bonds is 6. The molecule has 3 rings (SSSR count). The van der Waals surface area contributed by atoms with Gasteiger partial charge in [-0.15, -0.1) is 5.10 Å². The van der Waals surface area contributed by atoms with Crippen LogP contribution in [0.5, 0.6) is 0 Å². The lowest BCUT2D eigenvalue weighted by molar-refractivity contribution is -0.131. The first-order valence-electron chi connectivity index (χ1n) is 7.69. The van der Waals surface area contributed by atoms with Crippen molar-refractivity contribution in [1.82, 2.24) is 15.2 Å². The number of aromatic nitrogens is 3. The summed E-state index contributed by atoms with van der Waals surface area (Å²) in [7, 11) is 0. The number of fused-ring (bicyclic) bond motifs is 1. The minimum Gasteiger partial charge on any atom is -0.477 e. The average molecular weight is 339 g/mol. The molecule has 0 saturated carbocycles. The largest absolute Gasteiger partial charge is 0.477 e. The predicted molar refractivity (Wildman–Crippen MR) is 95.8 cm³/mol. The predicted octanol–water partition coefficient (Wildman–Crippen LogP) is 4.13. The van der Waals surface area contributed by atoms with E-state index in [-0.39, 0.29) is 4.91 Å². The Morgan fingerprint density at radius 2 is 2.04 bits per heavy atom. The number of thioether (sulfide) groups is 1. The number of aromatic amines is 1. The number of carboxylic acid groups (broad SMARTS) is 1. The monoisotopic (exact) mass is 339 g/mol. The molecule has 6 heteroatoms. The van der Waals surface area contributed by atoms with Crippen LogP contribution >= 0.6 is 11.8 Å². The van der Waals surface area contributed by atoms with Gasteiger partial charge in [0.2, 0.25) is 5.16 Å². The van der Waals surface area contributed by atoms with E-state index in [9.17, 15) is 9.90 Å². The summed E-state index contributed by atoms with van der Waals surface area (Å²) < 4.78 is 0. The molecule has 5 nitrogen and oxygen atoms in total. The summed E-state index contributed by atoms with van der Waals surface area (Å²) in [5, 5.41) is 19.0. The maximum absolute atomic E-state index is 11.6. The number of aliphatic carboxylic acids is 1. The normalized spacial score (nSPS) is 11.8. The number of nitrogens with one attached hydrogen (secondary N) is 1. The van der Waals surface area contributed by atoms with Gasteiger partial charge in [0.25, 0.3) is 0 Å². The Bertz CT molecular complexity index is 897. The zero-order chi connectivity index (χ0) is 16.9. The van der Waals surface area contributed by atoms with Crippen molar-refractivity contribution in [3.63, 3.8) is 0 Å². The van der Waals surface area contributed by atoms with Gasteiger partial charge in [0.05, 0.1) is 0 Å². The lowest BCUT2D eigenvalue weighted by Crippen LogP contribution is -1.97. The molecule has 3 aromatic rings. The van der Waals surface area contributed by atoms with Crippen molar-refractivity contribution in [1.29, 1.82) is 0 Å². The third-order valence-corrected chi connectivity index (χ3v) is 4.40. The summed E-state index contributed by atoms with van der Waals surface area (Å²) in [4.78, 5) is 16.1. The van der Waals surface area contributed by atoms with Crippen molar-refractivity contribution in [2.45, 2.75) is 24.9 Å². The summed E-state index contributed by atoms with van der Waals surface area (Å²) in [6, 6.07) is 13.7. The van der Waals surface area contributed by atoms with E-state index in [1.54, 1.807) is 6.08 Å². The summed E-state index contributed by atoms with van der Waals surface area (Å²) >= 11 is 1.05. The number of H-pyrrole nitrogens is 1. The molecule has 122 valence electrons. The zero-order valence-electron chi connectivity index (χ0n) is 13.2. The number of benzene rings is 2. The van der Waals surface area contributed by atoms with Crippen LogP contribution in [0.3, 0.4) is 0 Å². The molecule has 0 fully saturated rings. The SMILES string of the molecule is CCCc1nc(S/C(=C\c2cccc3ccccc23)C(=O)O)n[nH]1. The third kappa shape index (κ3) is 3.65. The van der Waals surface area contributed by atoms with E-state index in [1.807, 2.05) is 42.5 Å². The Hall–Kier alpha value is -2.60. The molecule has 0 aliphatic rings. The summed E-state index contributed by atoms with van der Waals surface area (Å²) in [5.74, 6) is -0.218. The molecule has 0 aliphatic heterocycles. The fourth-order valence-corrected chi connectivity index (χ4v) is 3.14. The Morgan fingerprint density at radius 3 is 2.83 bits per heavy atom. The molecule has 0 bridgehead atoms. The van der Waals surface area contributed by atoms with Crippen LogP contribution in [-0.4, -0.2) is 26.3 Å². The lowest BCUT2D eigenvalue weighted by atomic mass is 10.0. The molecule has 0 unspecified atom stereocenters. The van der Waals surface area contributed by atoms with E-state index >= 15 is 0 Å². The number of carbonyl (C=O) groups is 1. The highest BCUT2D eigenvalue weighted by Gasteiger charge is 2.14. The van der Waals surface area contributed by atoms with Crippen molar-refractivity contribution >= 4 is 34.6 Å². The first-order chi connectivity index (χ1) is 11.7. The van der Waals surface area contributed by atoms with Gasteiger partial charge in [-0.2, -0.15) is 0 Å². The number of carboxylic acids is 1. The molecule has 0 aliphatic carbocycles. The second-order valence-corrected chi connectivity index (χ2v) is 6.31. The van der Waals surface area contributed by atoms with Crippen molar-refractivity contribution < 1.29 is 9.90 Å². The van der Waals surface area contributed by atoms with Crippen LogP contribution in [0, 0.1) is 0 Å². The number of aryl methyl sites for hydroxylation is 1. The highest BCUT2D eigenvalue weighted by atomic mass is 32.2. The third-order valence-electron chi connectivity index (χ3n) is 3.52. The van der Waals surface area contributed by atoms with Gasteiger partial charge in [0.15, 0.2) is 0 Å². The quantitative estimate of drug-likeness (QED) is 0.521. The first-order valence-corrected chi connectivity index (χ1v) is 8.51. The maximum Gasteiger partial charge on any atom is 0.342 e. The van der Waals surface area contributed by atoms with Crippen molar-refractivity contribution in [2.24, 2.45) is 0 Å². The molecule has 0 amide bonds. The molecular weight excluding hydrogens is 322 g/mol. The second kappa shape index (κ2) is 7.31. The van der Waals surface area contributed by atoms with Crippen molar-refractivity contribution in [3.05, 3.63) is 58.8 Å². The van der Waals surface area contributed by atoms with Gasteiger partial charge < -0.3 is 5.11 Å². The van der Waals surface area contributed by atoms with Crippen LogP contribution in [0.15, 0.2) is 52.5 Å². The van der Waals surface area contributed by atoms with E-state index < -0.39 is 5.97 Å². The van der Waals surface area contributed by atoms with Gasteiger partial charge in [-0.1, -0.05) is 49.4 Å². The van der Waals surface area contributed by atoms with Gasteiger partial charge >= 0.3 is 5.97 Å². The fourth-order valence-electron chi connectivity index (χ4n) is 2.42. The number of hydrogen-bond acceptors (Lipinski definition) is 4. The zero-order valence-corrected chi connectivity index (χ0v) is 14.0. The standard InChI is InChI=1S/C18H17N3O2S/c1-2-6-16-19-18(21-20-16)24-15(17(22)23)11-13-9-5-8-12-7-3-4-10-14(12)13/h3-5,7-11H,2,6H2,1H3,(H,22,23)(H,19,20,21)/b15-11-. The minimum absolute atomic E-state index is 0.188. The van der Waals surface area contributed by atoms with E-state index in [4.69, 9.17) is 0 Å². The number of hydrogen-bond donors (Lipinski definition) is 2. The average Bonchev–Trinajstić information content (AvgIpc) is 3.02. The summed E-state index contributed by atoms with van der Waals surface area (Å²) in [5.41, 5.74) is 0.863. The molecule has 1 aromatic heterocycles. The van der Waals surface area contributed by atoms with E-state index in [1.165, 1.54) is 0 Å². The van der Waals surface area contributed by atoms with E-state index in [0.717, 1.165) is 46.8 Å². The van der Waals surface area contributed by atoms with Crippen LogP contribution in [-0.2, 0) is 11.2 Å². The summed E-state index contributed by atoms with van der Waals surface area (Å²) in [6.07, 6.45) is 3.42. The highest BCUT2D eigenvalue weighted by molar-refractivity contribution is 8.04. The molecule has 2 aromatic carbocycles. The Kier molecular flexibility index (Phi) is 4.96. The fraction of sp³-hybridized carbons (Fsp3) is 0.167. The highest BCUT2D eigenvalue weighted by Crippen LogP contribution is 2.28. The Balaban J connectivity index is 1.94.